The molecular formula is C21H14N6O3. The maximum atomic E-state index is 13.9. The third kappa shape index (κ3) is 1.99. The van der Waals surface area contributed by atoms with Gasteiger partial charge >= 0.3 is 0 Å². The number of para-hydroxylation sites is 1. The van der Waals surface area contributed by atoms with Crippen LogP contribution in [0.1, 0.15) is 18.1 Å². The number of ether oxygens (including phenoxy) is 1. The van der Waals surface area contributed by atoms with Crippen LogP contribution in [0.25, 0.3) is 11.3 Å². The number of hydrogen-bond acceptors (Lipinski definition) is 7. The van der Waals surface area contributed by atoms with Gasteiger partial charge < -0.3 is 10.5 Å². The van der Waals surface area contributed by atoms with E-state index in [9.17, 15) is 14.9 Å². The van der Waals surface area contributed by atoms with Gasteiger partial charge in [0.1, 0.15) is 17.1 Å². The Morgan fingerprint density at radius 1 is 1.27 bits per heavy atom. The number of nitriles is 1. The summed E-state index contributed by atoms with van der Waals surface area (Å²) in [5.41, 5.74) is 6.66. The summed E-state index contributed by atoms with van der Waals surface area (Å²) in [6.45, 7) is 1.30. The van der Waals surface area contributed by atoms with Crippen LogP contribution in [-0.4, -0.2) is 27.0 Å². The Kier molecular flexibility index (Phi) is 3.54. The lowest BCUT2D eigenvalue weighted by atomic mass is 9.68. The van der Waals surface area contributed by atoms with E-state index in [0.29, 0.717) is 28.1 Å². The largest absolute Gasteiger partial charge is 0.420 e. The minimum Gasteiger partial charge on any atom is -0.420 e. The van der Waals surface area contributed by atoms with Crippen LogP contribution in [0.15, 0.2) is 60.2 Å². The molecule has 2 aliphatic rings. The van der Waals surface area contributed by atoms with E-state index in [1.165, 1.54) is 6.92 Å². The van der Waals surface area contributed by atoms with Crippen LogP contribution in [-0.2, 0) is 15.0 Å². The summed E-state index contributed by atoms with van der Waals surface area (Å²) in [5, 5.41) is 17.1. The molecule has 1 spiro atoms. The molecule has 2 aromatic heterocycles. The van der Waals surface area contributed by atoms with Crippen molar-refractivity contribution in [2.45, 2.75) is 12.3 Å². The van der Waals surface area contributed by atoms with Gasteiger partial charge in [0, 0.05) is 30.4 Å². The molecule has 0 bridgehead atoms. The number of carbonyl (C=O) groups excluding carboxylic acids is 2. The van der Waals surface area contributed by atoms with Gasteiger partial charge in [0.2, 0.25) is 17.7 Å². The summed E-state index contributed by atoms with van der Waals surface area (Å²) < 4.78 is 5.60. The molecule has 3 N–H and O–H groups in total. The number of imide groups is 1. The number of pyridine rings is 1. The number of H-pyrrole nitrogens is 1. The predicted octanol–water partition coefficient (Wildman–Crippen LogP) is 1.74. The molecule has 0 saturated carbocycles. The summed E-state index contributed by atoms with van der Waals surface area (Å²) in [7, 11) is 0. The molecule has 3 aromatic rings. The zero-order valence-corrected chi connectivity index (χ0v) is 15.7. The molecule has 0 unspecified atom stereocenters. The van der Waals surface area contributed by atoms with E-state index in [1.54, 1.807) is 48.8 Å². The summed E-state index contributed by atoms with van der Waals surface area (Å²) in [6, 6.07) is 12.4. The monoisotopic (exact) mass is 398 g/mol. The van der Waals surface area contributed by atoms with Crippen LogP contribution >= 0.6 is 0 Å². The van der Waals surface area contributed by atoms with Gasteiger partial charge in [-0.1, -0.05) is 18.2 Å². The highest BCUT2D eigenvalue weighted by atomic mass is 16.5. The van der Waals surface area contributed by atoms with E-state index >= 15 is 0 Å². The number of amides is 2. The second-order valence-corrected chi connectivity index (χ2v) is 6.89. The van der Waals surface area contributed by atoms with Crippen LogP contribution < -0.4 is 15.4 Å². The number of nitrogens with one attached hydrogen (secondary N) is 1. The molecule has 2 amide bonds. The van der Waals surface area contributed by atoms with Crippen molar-refractivity contribution in [3.8, 4) is 23.2 Å². The molecule has 1 aromatic carbocycles. The fourth-order valence-corrected chi connectivity index (χ4v) is 4.25. The Morgan fingerprint density at radius 3 is 2.70 bits per heavy atom. The Balaban J connectivity index is 1.94. The van der Waals surface area contributed by atoms with Gasteiger partial charge in [0.25, 0.3) is 5.91 Å². The highest BCUT2D eigenvalue weighted by molar-refractivity contribution is 6.26. The number of aromatic nitrogens is 3. The molecule has 9 nitrogen and oxygen atoms in total. The number of rotatable bonds is 1. The van der Waals surface area contributed by atoms with E-state index < -0.39 is 17.2 Å². The Labute approximate surface area is 170 Å². The van der Waals surface area contributed by atoms with Gasteiger partial charge in [-0.05, 0) is 18.2 Å². The molecule has 0 fully saturated rings. The van der Waals surface area contributed by atoms with Crippen LogP contribution in [0.5, 0.6) is 5.88 Å². The fourth-order valence-electron chi connectivity index (χ4n) is 4.25. The number of fused-ring (bicyclic) bond motifs is 4. The Morgan fingerprint density at radius 2 is 2.00 bits per heavy atom. The molecule has 146 valence electrons. The normalized spacial score (nSPS) is 19.3. The van der Waals surface area contributed by atoms with Gasteiger partial charge in [0.15, 0.2) is 0 Å². The zero-order valence-electron chi connectivity index (χ0n) is 15.7. The lowest BCUT2D eigenvalue weighted by Crippen LogP contribution is -2.47. The lowest BCUT2D eigenvalue weighted by molar-refractivity contribution is -0.126. The first-order chi connectivity index (χ1) is 14.5. The van der Waals surface area contributed by atoms with E-state index in [1.807, 2.05) is 6.07 Å². The standard InChI is InChI=1S/C21H14N6O3/c1-11(28)27-15-5-3-2-4-13(15)21(20(27)29)14(10-22)18(23)30-19-16(21)17(25-26-19)12-6-8-24-9-7-12/h2-9H,23H2,1H3,(H,25,26)/t21-/m0/s1. The summed E-state index contributed by atoms with van der Waals surface area (Å²) in [6.07, 6.45) is 3.20. The smallest absolute Gasteiger partial charge is 0.254 e. The van der Waals surface area contributed by atoms with Crippen molar-refractivity contribution in [1.82, 2.24) is 15.2 Å². The van der Waals surface area contributed by atoms with Crippen LogP contribution in [0.2, 0.25) is 0 Å². The average Bonchev–Trinajstić information content (AvgIpc) is 3.27. The minimum absolute atomic E-state index is 0.0758. The number of aromatic amines is 1. The maximum absolute atomic E-state index is 13.9. The molecule has 0 aliphatic carbocycles. The van der Waals surface area contributed by atoms with Crippen molar-refractivity contribution in [2.75, 3.05) is 4.90 Å². The van der Waals surface area contributed by atoms with Crippen LogP contribution in [0.3, 0.4) is 0 Å². The predicted molar refractivity (Wildman–Crippen MR) is 105 cm³/mol. The lowest BCUT2D eigenvalue weighted by Gasteiger charge is -2.32. The van der Waals surface area contributed by atoms with Gasteiger partial charge in [-0.15, -0.1) is 5.10 Å². The van der Waals surface area contributed by atoms with Crippen molar-refractivity contribution in [3.63, 3.8) is 0 Å². The third-order valence-electron chi connectivity index (χ3n) is 5.40. The number of benzene rings is 1. The highest BCUT2D eigenvalue weighted by Gasteiger charge is 2.61. The van der Waals surface area contributed by atoms with Crippen LogP contribution in [0, 0.1) is 11.3 Å². The van der Waals surface area contributed by atoms with E-state index in [-0.39, 0.29) is 17.3 Å². The highest BCUT2D eigenvalue weighted by Crippen LogP contribution is 2.56. The number of hydrogen-bond donors (Lipinski definition) is 2. The quantitative estimate of drug-likeness (QED) is 0.636. The number of nitrogens with two attached hydrogens (primary N) is 1. The third-order valence-corrected chi connectivity index (χ3v) is 5.40. The van der Waals surface area contributed by atoms with Crippen molar-refractivity contribution in [2.24, 2.45) is 5.73 Å². The second kappa shape index (κ2) is 6.02. The van der Waals surface area contributed by atoms with Crippen molar-refractivity contribution < 1.29 is 14.3 Å². The first-order valence-electron chi connectivity index (χ1n) is 9.03. The molecule has 30 heavy (non-hydrogen) atoms. The van der Waals surface area contributed by atoms with Gasteiger partial charge in [-0.2, -0.15) is 5.26 Å². The molecule has 2 aliphatic heterocycles. The van der Waals surface area contributed by atoms with Crippen molar-refractivity contribution in [1.29, 1.82) is 5.26 Å². The zero-order chi connectivity index (χ0) is 21.0. The fraction of sp³-hybridized carbons (Fsp3) is 0.0952. The Bertz CT molecular complexity index is 1300. The summed E-state index contributed by atoms with van der Waals surface area (Å²) >= 11 is 0. The minimum atomic E-state index is -1.67. The summed E-state index contributed by atoms with van der Waals surface area (Å²) in [5.74, 6) is -1.22. The SMILES string of the molecule is CC(=O)N1C(=O)[C@]2(C(C#N)=C(N)Oc3n[nH]c(-c4ccncc4)c32)c2ccccc21. The summed E-state index contributed by atoms with van der Waals surface area (Å²) in [4.78, 5) is 31.4. The molecule has 4 heterocycles. The maximum Gasteiger partial charge on any atom is 0.254 e. The number of nitrogens with zero attached hydrogens (tertiary/aromatic N) is 4. The first kappa shape index (κ1) is 17.6. The second-order valence-electron chi connectivity index (χ2n) is 6.89. The van der Waals surface area contributed by atoms with Crippen molar-refractivity contribution in [3.05, 3.63) is 71.4 Å². The molecular weight excluding hydrogens is 384 g/mol. The van der Waals surface area contributed by atoms with Gasteiger partial charge in [-0.25, -0.2) is 4.90 Å². The molecule has 1 atom stereocenters. The first-order valence-corrected chi connectivity index (χ1v) is 9.03. The molecule has 9 heteroatoms. The van der Waals surface area contributed by atoms with Gasteiger partial charge in [-0.3, -0.25) is 19.7 Å². The van der Waals surface area contributed by atoms with Gasteiger partial charge in [0.05, 0.1) is 16.9 Å². The topological polar surface area (TPSA) is 138 Å². The molecule has 0 saturated heterocycles. The molecule has 5 rings (SSSR count). The number of carbonyl (C=O) groups is 2. The van der Waals surface area contributed by atoms with Crippen molar-refractivity contribution >= 4 is 17.5 Å². The van der Waals surface area contributed by atoms with E-state index in [4.69, 9.17) is 10.5 Å². The average molecular weight is 398 g/mol. The van der Waals surface area contributed by atoms with Crippen LogP contribution in [0.4, 0.5) is 5.69 Å². The van der Waals surface area contributed by atoms with E-state index in [2.05, 4.69) is 15.2 Å². The molecule has 0 radical (unpaired) electrons. The van der Waals surface area contributed by atoms with E-state index in [0.717, 1.165) is 4.90 Å². The Hall–Kier alpha value is -4.45. The number of anilines is 1.